The van der Waals surface area contributed by atoms with Crippen LogP contribution in [0.1, 0.15) is 54.8 Å². The Hall–Kier alpha value is -1.19. The van der Waals surface area contributed by atoms with Crippen LogP contribution >= 0.6 is 11.3 Å². The highest BCUT2D eigenvalue weighted by atomic mass is 32.1. The molecule has 1 aromatic carbocycles. The van der Waals surface area contributed by atoms with Gasteiger partial charge in [-0.15, -0.1) is 11.3 Å². The number of benzene rings is 1. The van der Waals surface area contributed by atoms with E-state index in [4.69, 9.17) is 4.98 Å². The fourth-order valence-corrected chi connectivity index (χ4v) is 4.18. The Morgan fingerprint density at radius 2 is 1.95 bits per heavy atom. The van der Waals surface area contributed by atoms with E-state index in [1.54, 1.807) is 0 Å². The second-order valence-electron chi connectivity index (χ2n) is 6.23. The summed E-state index contributed by atoms with van der Waals surface area (Å²) in [5.41, 5.74) is 2.93. The molecule has 0 saturated heterocycles. The van der Waals surface area contributed by atoms with Gasteiger partial charge in [-0.3, -0.25) is 0 Å². The summed E-state index contributed by atoms with van der Waals surface area (Å²) in [4.78, 5) is 6.42. The molecule has 0 radical (unpaired) electrons. The van der Waals surface area contributed by atoms with E-state index in [1.807, 2.05) is 11.3 Å². The molecule has 0 amide bonds. The van der Waals surface area contributed by atoms with Gasteiger partial charge in [0.2, 0.25) is 0 Å². The number of aromatic nitrogens is 1. The minimum Gasteiger partial charge on any atom is -0.310 e. The first-order chi connectivity index (χ1) is 10.2. The predicted octanol–water partition coefficient (Wildman–Crippen LogP) is 4.28. The molecular formula is C18H24N2S. The van der Waals surface area contributed by atoms with Crippen LogP contribution in [0.25, 0.3) is 0 Å². The second kappa shape index (κ2) is 5.90. The van der Waals surface area contributed by atoms with E-state index in [9.17, 15) is 0 Å². The van der Waals surface area contributed by atoms with E-state index in [-0.39, 0.29) is 5.41 Å². The van der Waals surface area contributed by atoms with Crippen LogP contribution < -0.4 is 5.32 Å². The Labute approximate surface area is 131 Å². The average Bonchev–Trinajstić information content (AvgIpc) is 3.20. The maximum Gasteiger partial charge on any atom is 0.104 e. The summed E-state index contributed by atoms with van der Waals surface area (Å²) in [6.07, 6.45) is 3.51. The van der Waals surface area contributed by atoms with Gasteiger partial charge in [-0.05, 0) is 24.8 Å². The maximum atomic E-state index is 5.00. The Morgan fingerprint density at radius 1 is 1.24 bits per heavy atom. The lowest BCUT2D eigenvalue weighted by atomic mass is 9.97. The molecule has 0 bridgehead atoms. The van der Waals surface area contributed by atoms with Gasteiger partial charge in [-0.25, -0.2) is 4.98 Å². The van der Waals surface area contributed by atoms with Crippen LogP contribution in [0.5, 0.6) is 0 Å². The molecule has 1 heterocycles. The van der Waals surface area contributed by atoms with Gasteiger partial charge in [0.1, 0.15) is 5.01 Å². The van der Waals surface area contributed by atoms with Crippen molar-refractivity contribution in [3.05, 3.63) is 51.5 Å². The standard InChI is InChI=1S/C18H24N2S/c1-4-15-16(12-19-13(2)3)21-17(20-15)18(10-11-18)14-8-6-5-7-9-14/h5-9,13,19H,4,10-12H2,1-3H3. The van der Waals surface area contributed by atoms with Crippen LogP contribution in [0.3, 0.4) is 0 Å². The van der Waals surface area contributed by atoms with E-state index < -0.39 is 0 Å². The zero-order chi connectivity index (χ0) is 14.9. The zero-order valence-electron chi connectivity index (χ0n) is 13.1. The molecule has 2 nitrogen and oxygen atoms in total. The van der Waals surface area contributed by atoms with Crippen molar-refractivity contribution in [2.24, 2.45) is 0 Å². The van der Waals surface area contributed by atoms with Crippen LogP contribution in [0.4, 0.5) is 0 Å². The third-order valence-electron chi connectivity index (χ3n) is 4.27. The fraction of sp³-hybridized carbons (Fsp3) is 0.500. The lowest BCUT2D eigenvalue weighted by molar-refractivity contribution is 0.590. The average molecular weight is 300 g/mol. The third kappa shape index (κ3) is 2.90. The van der Waals surface area contributed by atoms with Crippen LogP contribution in [-0.2, 0) is 18.4 Å². The number of hydrogen-bond acceptors (Lipinski definition) is 3. The predicted molar refractivity (Wildman–Crippen MR) is 89.9 cm³/mol. The third-order valence-corrected chi connectivity index (χ3v) is 5.57. The highest BCUT2D eigenvalue weighted by Gasteiger charge is 2.48. The van der Waals surface area contributed by atoms with Gasteiger partial charge in [0.05, 0.1) is 5.69 Å². The summed E-state index contributed by atoms with van der Waals surface area (Å²) in [5.74, 6) is 0. The molecule has 1 saturated carbocycles. The second-order valence-corrected chi connectivity index (χ2v) is 7.31. The zero-order valence-corrected chi connectivity index (χ0v) is 14.0. The fourth-order valence-electron chi connectivity index (χ4n) is 2.81. The van der Waals surface area contributed by atoms with Crippen LogP contribution in [0, 0.1) is 0 Å². The van der Waals surface area contributed by atoms with Gasteiger partial charge < -0.3 is 5.32 Å². The summed E-state index contributed by atoms with van der Waals surface area (Å²) in [6, 6.07) is 11.4. The summed E-state index contributed by atoms with van der Waals surface area (Å²) in [7, 11) is 0. The summed E-state index contributed by atoms with van der Waals surface area (Å²) >= 11 is 1.92. The first kappa shape index (κ1) is 14.7. The number of rotatable bonds is 6. The Morgan fingerprint density at radius 3 is 2.52 bits per heavy atom. The van der Waals surface area contributed by atoms with Crippen LogP contribution in [0.2, 0.25) is 0 Å². The highest BCUT2D eigenvalue weighted by molar-refractivity contribution is 7.12. The van der Waals surface area contributed by atoms with E-state index in [2.05, 4.69) is 56.4 Å². The first-order valence-corrected chi connectivity index (χ1v) is 8.75. The van der Waals surface area contributed by atoms with Crippen molar-refractivity contribution in [3.63, 3.8) is 0 Å². The molecule has 1 aliphatic rings. The van der Waals surface area contributed by atoms with E-state index >= 15 is 0 Å². The highest BCUT2D eigenvalue weighted by Crippen LogP contribution is 2.54. The van der Waals surface area contributed by atoms with Crippen molar-refractivity contribution in [1.29, 1.82) is 0 Å². The molecule has 1 aliphatic carbocycles. The molecule has 0 aliphatic heterocycles. The molecule has 1 aromatic heterocycles. The molecule has 3 rings (SSSR count). The quantitative estimate of drug-likeness (QED) is 0.861. The molecule has 0 unspecified atom stereocenters. The van der Waals surface area contributed by atoms with Crippen LogP contribution in [-0.4, -0.2) is 11.0 Å². The number of hydrogen-bond donors (Lipinski definition) is 1. The Bertz CT molecular complexity index is 597. The number of aryl methyl sites for hydroxylation is 1. The SMILES string of the molecule is CCc1nc(C2(c3ccccc3)CC2)sc1CNC(C)C. The molecular weight excluding hydrogens is 276 g/mol. The summed E-state index contributed by atoms with van der Waals surface area (Å²) < 4.78 is 0. The normalized spacial score (nSPS) is 16.4. The van der Waals surface area contributed by atoms with Gasteiger partial charge in [-0.1, -0.05) is 51.1 Å². The largest absolute Gasteiger partial charge is 0.310 e. The van der Waals surface area contributed by atoms with E-state index in [0.717, 1.165) is 13.0 Å². The van der Waals surface area contributed by atoms with Gasteiger partial charge in [-0.2, -0.15) is 0 Å². The monoisotopic (exact) mass is 300 g/mol. The lowest BCUT2D eigenvalue weighted by Crippen LogP contribution is -2.21. The smallest absolute Gasteiger partial charge is 0.104 e. The lowest BCUT2D eigenvalue weighted by Gasteiger charge is -2.12. The molecule has 1 fully saturated rings. The van der Waals surface area contributed by atoms with Crippen molar-refractivity contribution in [1.82, 2.24) is 10.3 Å². The molecule has 0 atom stereocenters. The van der Waals surface area contributed by atoms with Gasteiger partial charge in [0, 0.05) is 22.9 Å². The number of nitrogens with one attached hydrogen (secondary N) is 1. The van der Waals surface area contributed by atoms with Gasteiger partial charge in [0.25, 0.3) is 0 Å². The molecule has 3 heteroatoms. The van der Waals surface area contributed by atoms with E-state index in [0.29, 0.717) is 6.04 Å². The van der Waals surface area contributed by atoms with Crippen LogP contribution in [0.15, 0.2) is 30.3 Å². The van der Waals surface area contributed by atoms with Gasteiger partial charge in [0.15, 0.2) is 0 Å². The number of nitrogens with zero attached hydrogens (tertiary/aromatic N) is 1. The number of thiazole rings is 1. The van der Waals surface area contributed by atoms with Crippen molar-refractivity contribution in [3.8, 4) is 0 Å². The summed E-state index contributed by atoms with van der Waals surface area (Å²) in [6.45, 7) is 7.54. The molecule has 2 aromatic rings. The van der Waals surface area contributed by atoms with Gasteiger partial charge >= 0.3 is 0 Å². The minimum atomic E-state index is 0.214. The molecule has 21 heavy (non-hydrogen) atoms. The van der Waals surface area contributed by atoms with E-state index in [1.165, 1.54) is 34.0 Å². The topological polar surface area (TPSA) is 24.9 Å². The Kier molecular flexibility index (Phi) is 4.14. The van der Waals surface area contributed by atoms with Crippen molar-refractivity contribution in [2.45, 2.75) is 58.0 Å². The molecule has 1 N–H and O–H groups in total. The van der Waals surface area contributed by atoms with Crippen molar-refractivity contribution >= 4 is 11.3 Å². The Balaban J connectivity index is 1.89. The molecule has 0 spiro atoms. The maximum absolute atomic E-state index is 5.00. The van der Waals surface area contributed by atoms with Crippen molar-refractivity contribution < 1.29 is 0 Å². The molecule has 112 valence electrons. The van der Waals surface area contributed by atoms with Crippen molar-refractivity contribution in [2.75, 3.05) is 0 Å². The minimum absolute atomic E-state index is 0.214. The first-order valence-electron chi connectivity index (χ1n) is 7.93. The summed E-state index contributed by atoms with van der Waals surface area (Å²) in [5, 5.41) is 4.86.